The van der Waals surface area contributed by atoms with E-state index >= 15 is 0 Å². The lowest BCUT2D eigenvalue weighted by atomic mass is 10.1. The van der Waals surface area contributed by atoms with E-state index < -0.39 is 5.97 Å². The summed E-state index contributed by atoms with van der Waals surface area (Å²) >= 11 is 0. The molecule has 106 valence electrons. The molecule has 0 fully saturated rings. The van der Waals surface area contributed by atoms with Crippen LogP contribution in [0.15, 0.2) is 42.5 Å². The Morgan fingerprint density at radius 1 is 1.15 bits per heavy atom. The van der Waals surface area contributed by atoms with Gasteiger partial charge in [0.2, 0.25) is 0 Å². The van der Waals surface area contributed by atoms with Gasteiger partial charge < -0.3 is 14.7 Å². The third-order valence-electron chi connectivity index (χ3n) is 3.19. The van der Waals surface area contributed by atoms with E-state index in [2.05, 4.69) is 12.1 Å². The van der Waals surface area contributed by atoms with Crippen LogP contribution in [0.1, 0.15) is 6.42 Å². The van der Waals surface area contributed by atoms with Crippen molar-refractivity contribution < 1.29 is 14.6 Å². The summed E-state index contributed by atoms with van der Waals surface area (Å²) < 4.78 is 5.81. The molecule has 0 heterocycles. The molecule has 0 spiro atoms. The van der Waals surface area contributed by atoms with Crippen LogP contribution in [0.3, 0.4) is 0 Å². The molecular weight excluding hydrogens is 254 g/mol. The van der Waals surface area contributed by atoms with E-state index in [1.54, 1.807) is 0 Å². The zero-order chi connectivity index (χ0) is 14.4. The van der Waals surface area contributed by atoms with Gasteiger partial charge in [-0.2, -0.15) is 0 Å². The highest BCUT2D eigenvalue weighted by atomic mass is 16.5. The summed E-state index contributed by atoms with van der Waals surface area (Å²) in [6, 6.07) is 14.1. The fourth-order valence-electron chi connectivity index (χ4n) is 2.03. The molecule has 0 aliphatic rings. The summed E-state index contributed by atoms with van der Waals surface area (Å²) in [5, 5.41) is 10.9. The summed E-state index contributed by atoms with van der Waals surface area (Å²) in [6.45, 7) is 1.79. The molecule has 2 aromatic rings. The van der Waals surface area contributed by atoms with E-state index in [-0.39, 0.29) is 6.42 Å². The third kappa shape index (κ3) is 3.96. The van der Waals surface area contributed by atoms with Gasteiger partial charge >= 0.3 is 5.97 Å². The molecular formula is C16H19NO3. The number of benzene rings is 2. The third-order valence-corrected chi connectivity index (χ3v) is 3.19. The van der Waals surface area contributed by atoms with E-state index in [0.29, 0.717) is 19.7 Å². The highest BCUT2D eigenvalue weighted by Gasteiger charge is 2.04. The fourth-order valence-corrected chi connectivity index (χ4v) is 2.03. The monoisotopic (exact) mass is 273 g/mol. The Hall–Kier alpha value is -2.07. The Balaban J connectivity index is 1.88. The first-order valence-electron chi connectivity index (χ1n) is 6.68. The van der Waals surface area contributed by atoms with Crippen LogP contribution in [0, 0.1) is 0 Å². The number of likely N-dealkylation sites (N-methyl/N-ethyl adjacent to an activating group) is 1. The number of carboxylic acid groups (broad SMARTS) is 1. The Morgan fingerprint density at radius 3 is 2.70 bits per heavy atom. The van der Waals surface area contributed by atoms with E-state index in [9.17, 15) is 4.79 Å². The summed E-state index contributed by atoms with van der Waals surface area (Å²) in [4.78, 5) is 12.4. The number of nitrogens with zero attached hydrogens (tertiary/aromatic N) is 1. The SMILES string of the molecule is CN(CCOc1cccc2ccccc12)CCC(=O)O. The molecule has 0 radical (unpaired) electrons. The number of fused-ring (bicyclic) bond motifs is 1. The van der Waals surface area contributed by atoms with E-state index in [1.165, 1.54) is 0 Å². The molecule has 0 aliphatic carbocycles. The number of rotatable bonds is 7. The lowest BCUT2D eigenvalue weighted by molar-refractivity contribution is -0.137. The second-order valence-electron chi connectivity index (χ2n) is 4.77. The number of hydrogen-bond acceptors (Lipinski definition) is 3. The van der Waals surface area contributed by atoms with Gasteiger partial charge in [0.1, 0.15) is 12.4 Å². The van der Waals surface area contributed by atoms with Crippen molar-refractivity contribution in [1.29, 1.82) is 0 Å². The summed E-state index contributed by atoms with van der Waals surface area (Å²) in [5.74, 6) is 0.0987. The van der Waals surface area contributed by atoms with Crippen molar-refractivity contribution in [2.24, 2.45) is 0 Å². The van der Waals surface area contributed by atoms with Gasteiger partial charge in [0.05, 0.1) is 6.42 Å². The molecule has 20 heavy (non-hydrogen) atoms. The van der Waals surface area contributed by atoms with Crippen LogP contribution in [-0.2, 0) is 4.79 Å². The van der Waals surface area contributed by atoms with Gasteiger partial charge in [-0.25, -0.2) is 0 Å². The van der Waals surface area contributed by atoms with Gasteiger partial charge in [-0.15, -0.1) is 0 Å². The molecule has 2 rings (SSSR count). The normalized spacial score (nSPS) is 10.9. The van der Waals surface area contributed by atoms with Crippen molar-refractivity contribution in [2.45, 2.75) is 6.42 Å². The summed E-state index contributed by atoms with van der Waals surface area (Å²) in [7, 11) is 1.90. The van der Waals surface area contributed by atoms with Gasteiger partial charge in [0.15, 0.2) is 0 Å². The average Bonchev–Trinajstić information content (AvgIpc) is 2.45. The largest absolute Gasteiger partial charge is 0.492 e. The van der Waals surface area contributed by atoms with Crippen LogP contribution < -0.4 is 4.74 Å². The van der Waals surface area contributed by atoms with Crippen LogP contribution in [0.4, 0.5) is 0 Å². The second kappa shape index (κ2) is 6.91. The van der Waals surface area contributed by atoms with Gasteiger partial charge in [-0.1, -0.05) is 36.4 Å². The van der Waals surface area contributed by atoms with Crippen molar-refractivity contribution in [3.63, 3.8) is 0 Å². The van der Waals surface area contributed by atoms with Crippen molar-refractivity contribution in [1.82, 2.24) is 4.90 Å². The molecule has 0 unspecified atom stereocenters. The minimum Gasteiger partial charge on any atom is -0.492 e. The smallest absolute Gasteiger partial charge is 0.304 e. The van der Waals surface area contributed by atoms with Crippen LogP contribution in [0.2, 0.25) is 0 Å². The van der Waals surface area contributed by atoms with E-state index in [0.717, 1.165) is 16.5 Å². The van der Waals surface area contributed by atoms with Crippen molar-refractivity contribution in [3.05, 3.63) is 42.5 Å². The van der Waals surface area contributed by atoms with Gasteiger partial charge in [-0.05, 0) is 18.5 Å². The summed E-state index contributed by atoms with van der Waals surface area (Å²) in [6.07, 6.45) is 0.158. The van der Waals surface area contributed by atoms with Gasteiger partial charge in [-0.3, -0.25) is 4.79 Å². The number of ether oxygens (including phenoxy) is 1. The van der Waals surface area contributed by atoms with E-state index in [4.69, 9.17) is 9.84 Å². The molecule has 0 bridgehead atoms. The zero-order valence-corrected chi connectivity index (χ0v) is 11.6. The Bertz CT molecular complexity index is 577. The van der Waals surface area contributed by atoms with Crippen LogP contribution in [0.25, 0.3) is 10.8 Å². The topological polar surface area (TPSA) is 49.8 Å². The lowest BCUT2D eigenvalue weighted by Gasteiger charge is -2.16. The number of hydrogen-bond donors (Lipinski definition) is 1. The fraction of sp³-hybridized carbons (Fsp3) is 0.312. The minimum atomic E-state index is -0.771. The Kier molecular flexibility index (Phi) is 4.96. The van der Waals surface area contributed by atoms with Gasteiger partial charge in [0, 0.05) is 18.5 Å². The molecule has 0 amide bonds. The van der Waals surface area contributed by atoms with Crippen LogP contribution in [-0.4, -0.2) is 42.7 Å². The predicted octanol–water partition coefficient (Wildman–Crippen LogP) is 2.63. The highest BCUT2D eigenvalue weighted by molar-refractivity contribution is 5.88. The zero-order valence-electron chi connectivity index (χ0n) is 11.6. The molecule has 0 saturated heterocycles. The Morgan fingerprint density at radius 2 is 1.90 bits per heavy atom. The quantitative estimate of drug-likeness (QED) is 0.842. The first-order chi connectivity index (χ1) is 9.66. The molecule has 0 aliphatic heterocycles. The Labute approximate surface area is 118 Å². The maximum Gasteiger partial charge on any atom is 0.304 e. The van der Waals surface area contributed by atoms with Crippen LogP contribution >= 0.6 is 0 Å². The molecule has 4 heteroatoms. The molecule has 4 nitrogen and oxygen atoms in total. The average molecular weight is 273 g/mol. The summed E-state index contributed by atoms with van der Waals surface area (Å²) in [5.41, 5.74) is 0. The van der Waals surface area contributed by atoms with Gasteiger partial charge in [0.25, 0.3) is 0 Å². The first-order valence-corrected chi connectivity index (χ1v) is 6.68. The highest BCUT2D eigenvalue weighted by Crippen LogP contribution is 2.24. The first kappa shape index (κ1) is 14.3. The van der Waals surface area contributed by atoms with Crippen LogP contribution in [0.5, 0.6) is 5.75 Å². The number of carbonyl (C=O) groups is 1. The minimum absolute atomic E-state index is 0.158. The molecule has 0 aromatic heterocycles. The lowest BCUT2D eigenvalue weighted by Crippen LogP contribution is -2.26. The number of aliphatic carboxylic acids is 1. The molecule has 1 N–H and O–H groups in total. The number of carboxylic acids is 1. The maximum atomic E-state index is 10.5. The van der Waals surface area contributed by atoms with Crippen molar-refractivity contribution in [2.75, 3.05) is 26.7 Å². The standard InChI is InChI=1S/C16H19NO3/c1-17(10-9-16(18)19)11-12-20-15-8-4-6-13-5-2-3-7-14(13)15/h2-8H,9-12H2,1H3,(H,18,19). The van der Waals surface area contributed by atoms with Crippen molar-refractivity contribution in [3.8, 4) is 5.75 Å². The maximum absolute atomic E-state index is 10.5. The van der Waals surface area contributed by atoms with Crippen molar-refractivity contribution >= 4 is 16.7 Å². The second-order valence-corrected chi connectivity index (χ2v) is 4.77. The predicted molar refractivity (Wildman–Crippen MR) is 79.2 cm³/mol. The van der Waals surface area contributed by atoms with E-state index in [1.807, 2.05) is 42.3 Å². The molecule has 0 saturated carbocycles. The molecule has 2 aromatic carbocycles. The molecule has 0 atom stereocenters.